The van der Waals surface area contributed by atoms with Gasteiger partial charge in [-0.3, -0.25) is 9.78 Å². The van der Waals surface area contributed by atoms with Crippen LogP contribution in [0.3, 0.4) is 0 Å². The molecule has 0 bridgehead atoms. The minimum absolute atomic E-state index is 0.308. The van der Waals surface area contributed by atoms with Crippen molar-refractivity contribution in [1.29, 1.82) is 0 Å². The summed E-state index contributed by atoms with van der Waals surface area (Å²) < 4.78 is 1.69. The van der Waals surface area contributed by atoms with Crippen LogP contribution >= 0.6 is 0 Å². The fraction of sp³-hybridized carbons (Fsp3) is 0.417. The third-order valence-corrected chi connectivity index (χ3v) is 2.81. The topological polar surface area (TPSA) is 67.5 Å². The van der Waals surface area contributed by atoms with Gasteiger partial charge in [0.15, 0.2) is 0 Å². The van der Waals surface area contributed by atoms with Gasteiger partial charge in [-0.15, -0.1) is 0 Å². The van der Waals surface area contributed by atoms with Crippen LogP contribution in [-0.2, 0) is 4.79 Å². The van der Waals surface area contributed by atoms with Crippen molar-refractivity contribution in [3.05, 3.63) is 29.8 Å². The third kappa shape index (κ3) is 2.00. The monoisotopic (exact) mass is 233 g/mol. The van der Waals surface area contributed by atoms with Crippen molar-refractivity contribution in [2.24, 2.45) is 0 Å². The summed E-state index contributed by atoms with van der Waals surface area (Å²) in [6.07, 6.45) is 3.32. The lowest BCUT2D eigenvalue weighted by molar-refractivity contribution is -0.138. The Labute approximate surface area is 99.1 Å². The maximum absolute atomic E-state index is 11.0. The van der Waals surface area contributed by atoms with E-state index in [0.717, 1.165) is 11.2 Å². The minimum Gasteiger partial charge on any atom is -0.481 e. The van der Waals surface area contributed by atoms with Crippen molar-refractivity contribution in [2.75, 3.05) is 0 Å². The van der Waals surface area contributed by atoms with Crippen molar-refractivity contribution in [2.45, 2.75) is 32.6 Å². The minimum atomic E-state index is -0.877. The van der Waals surface area contributed by atoms with Crippen molar-refractivity contribution >= 4 is 11.5 Å². The average Bonchev–Trinajstić information content (AvgIpc) is 2.71. The van der Waals surface area contributed by atoms with Gasteiger partial charge in [0.05, 0.1) is 22.8 Å². The zero-order chi connectivity index (χ0) is 12.6. The average molecular weight is 233 g/mol. The molecule has 17 heavy (non-hydrogen) atoms. The van der Waals surface area contributed by atoms with Gasteiger partial charge in [0.1, 0.15) is 0 Å². The first-order valence-corrected chi connectivity index (χ1v) is 5.57. The molecule has 0 saturated carbocycles. The molecule has 0 saturated heterocycles. The number of fused-ring (bicyclic) bond motifs is 1. The fourth-order valence-electron chi connectivity index (χ4n) is 1.69. The van der Waals surface area contributed by atoms with E-state index < -0.39 is 11.9 Å². The van der Waals surface area contributed by atoms with Gasteiger partial charge >= 0.3 is 5.97 Å². The molecule has 2 aromatic rings. The standard InChI is InChI=1S/C12H15N3O2/c1-7(2)9-6-10-11(8(3)12(16)17)13-4-5-15(10)14-9/h4-8H,1-3H3,(H,16,17). The van der Waals surface area contributed by atoms with Gasteiger partial charge in [-0.25, -0.2) is 4.52 Å². The first-order chi connectivity index (χ1) is 8.00. The Morgan fingerprint density at radius 2 is 2.12 bits per heavy atom. The van der Waals surface area contributed by atoms with Gasteiger partial charge in [0.2, 0.25) is 0 Å². The Balaban J connectivity index is 2.60. The normalized spacial score (nSPS) is 13.2. The third-order valence-electron chi connectivity index (χ3n) is 2.81. The lowest BCUT2D eigenvalue weighted by Gasteiger charge is -2.06. The maximum Gasteiger partial charge on any atom is 0.312 e. The summed E-state index contributed by atoms with van der Waals surface area (Å²) in [4.78, 5) is 15.2. The van der Waals surface area contributed by atoms with Crippen LogP contribution in [0.4, 0.5) is 0 Å². The Kier molecular flexibility index (Phi) is 2.83. The molecule has 2 aromatic heterocycles. The smallest absolute Gasteiger partial charge is 0.312 e. The number of carboxylic acid groups (broad SMARTS) is 1. The molecule has 2 rings (SSSR count). The first kappa shape index (κ1) is 11.6. The second-order valence-corrected chi connectivity index (χ2v) is 4.43. The second kappa shape index (κ2) is 4.16. The van der Waals surface area contributed by atoms with Crippen LogP contribution in [0.2, 0.25) is 0 Å². The quantitative estimate of drug-likeness (QED) is 0.880. The molecule has 1 unspecified atom stereocenters. The summed E-state index contributed by atoms with van der Waals surface area (Å²) in [6.45, 7) is 5.73. The highest BCUT2D eigenvalue weighted by atomic mass is 16.4. The van der Waals surface area contributed by atoms with Crippen LogP contribution in [0.1, 0.15) is 44.0 Å². The van der Waals surface area contributed by atoms with E-state index in [4.69, 9.17) is 5.11 Å². The van der Waals surface area contributed by atoms with Crippen LogP contribution in [0.25, 0.3) is 5.52 Å². The van der Waals surface area contributed by atoms with Gasteiger partial charge < -0.3 is 5.11 Å². The van der Waals surface area contributed by atoms with E-state index in [1.165, 1.54) is 0 Å². The Hall–Kier alpha value is -1.91. The molecule has 0 fully saturated rings. The molecule has 2 heterocycles. The molecule has 90 valence electrons. The molecule has 0 aromatic carbocycles. The van der Waals surface area contributed by atoms with Crippen molar-refractivity contribution in [3.63, 3.8) is 0 Å². The van der Waals surface area contributed by atoms with E-state index in [2.05, 4.69) is 23.9 Å². The molecule has 0 spiro atoms. The van der Waals surface area contributed by atoms with Gasteiger partial charge in [-0.05, 0) is 18.9 Å². The van der Waals surface area contributed by atoms with E-state index in [0.29, 0.717) is 11.6 Å². The fourth-order valence-corrected chi connectivity index (χ4v) is 1.69. The molecular weight excluding hydrogens is 218 g/mol. The lowest BCUT2D eigenvalue weighted by atomic mass is 10.1. The molecule has 0 amide bonds. The Bertz CT molecular complexity index is 560. The highest BCUT2D eigenvalue weighted by Gasteiger charge is 2.19. The molecular formula is C12H15N3O2. The van der Waals surface area contributed by atoms with Crippen molar-refractivity contribution in [3.8, 4) is 0 Å². The van der Waals surface area contributed by atoms with Crippen LogP contribution in [0.15, 0.2) is 18.5 Å². The summed E-state index contributed by atoms with van der Waals surface area (Å²) in [5.74, 6) is -1.20. The van der Waals surface area contributed by atoms with E-state index in [1.54, 1.807) is 23.8 Å². The Morgan fingerprint density at radius 3 is 2.71 bits per heavy atom. The van der Waals surface area contributed by atoms with Gasteiger partial charge in [0, 0.05) is 12.4 Å². The van der Waals surface area contributed by atoms with Crippen molar-refractivity contribution < 1.29 is 9.90 Å². The van der Waals surface area contributed by atoms with Crippen LogP contribution in [0, 0.1) is 0 Å². The SMILES string of the molecule is CC(C)c1cc2c(C(C)C(=O)O)nccn2n1. The zero-order valence-corrected chi connectivity index (χ0v) is 10.1. The molecule has 1 N–H and O–H groups in total. The number of aliphatic carboxylic acids is 1. The van der Waals surface area contributed by atoms with Crippen LogP contribution in [-0.4, -0.2) is 25.7 Å². The van der Waals surface area contributed by atoms with Gasteiger partial charge in [-0.1, -0.05) is 13.8 Å². The number of hydrogen-bond acceptors (Lipinski definition) is 3. The molecule has 5 heteroatoms. The number of aromatic nitrogens is 3. The summed E-state index contributed by atoms with van der Waals surface area (Å²) in [7, 11) is 0. The van der Waals surface area contributed by atoms with Gasteiger partial charge in [-0.2, -0.15) is 5.10 Å². The van der Waals surface area contributed by atoms with Crippen LogP contribution in [0.5, 0.6) is 0 Å². The molecule has 0 aliphatic rings. The predicted octanol–water partition coefficient (Wildman–Crippen LogP) is 2.04. The molecule has 0 aliphatic carbocycles. The summed E-state index contributed by atoms with van der Waals surface area (Å²) >= 11 is 0. The summed E-state index contributed by atoms with van der Waals surface area (Å²) in [5.41, 5.74) is 2.27. The molecule has 0 aliphatic heterocycles. The highest BCUT2D eigenvalue weighted by molar-refractivity contribution is 5.78. The first-order valence-electron chi connectivity index (χ1n) is 5.57. The van der Waals surface area contributed by atoms with E-state index in [9.17, 15) is 4.79 Å². The summed E-state index contributed by atoms with van der Waals surface area (Å²) in [6, 6.07) is 1.91. The largest absolute Gasteiger partial charge is 0.481 e. The lowest BCUT2D eigenvalue weighted by Crippen LogP contribution is -2.10. The van der Waals surface area contributed by atoms with Crippen LogP contribution < -0.4 is 0 Å². The van der Waals surface area contributed by atoms with E-state index >= 15 is 0 Å². The maximum atomic E-state index is 11.0. The zero-order valence-electron chi connectivity index (χ0n) is 10.1. The molecule has 0 radical (unpaired) electrons. The number of carboxylic acids is 1. The molecule has 1 atom stereocenters. The number of carbonyl (C=O) groups is 1. The predicted molar refractivity (Wildman–Crippen MR) is 63.1 cm³/mol. The van der Waals surface area contributed by atoms with Gasteiger partial charge in [0.25, 0.3) is 0 Å². The van der Waals surface area contributed by atoms with E-state index in [-0.39, 0.29) is 0 Å². The Morgan fingerprint density at radius 1 is 1.41 bits per heavy atom. The number of hydrogen-bond donors (Lipinski definition) is 1. The summed E-state index contributed by atoms with van der Waals surface area (Å²) in [5, 5.41) is 13.4. The van der Waals surface area contributed by atoms with Crippen molar-refractivity contribution in [1.82, 2.24) is 14.6 Å². The van der Waals surface area contributed by atoms with E-state index in [1.807, 2.05) is 6.07 Å². The second-order valence-electron chi connectivity index (χ2n) is 4.43. The number of nitrogens with zero attached hydrogens (tertiary/aromatic N) is 3. The number of rotatable bonds is 3. The molecule has 5 nitrogen and oxygen atoms in total. The highest BCUT2D eigenvalue weighted by Crippen LogP contribution is 2.22.